The standard InChI is InChI=1S/C8H11NO5S2/c1-3-14-8(10)6-7(16(9,11)12)5(13-2)4-15-6/h4H,3H2,1-2H3,(H2,9,11,12). The molecule has 2 N–H and O–H groups in total. The third-order valence-corrected chi connectivity index (χ3v) is 3.72. The van der Waals surface area contributed by atoms with E-state index in [1.165, 1.54) is 12.5 Å². The van der Waals surface area contributed by atoms with Gasteiger partial charge in [-0.2, -0.15) is 0 Å². The van der Waals surface area contributed by atoms with Crippen LogP contribution in [0.1, 0.15) is 16.6 Å². The van der Waals surface area contributed by atoms with Gasteiger partial charge in [-0.05, 0) is 6.92 Å². The van der Waals surface area contributed by atoms with Crippen LogP contribution in [0, 0.1) is 0 Å². The molecule has 1 rings (SSSR count). The van der Waals surface area contributed by atoms with Crippen molar-refractivity contribution in [3.8, 4) is 5.75 Å². The SMILES string of the molecule is CCOC(=O)c1scc(OC)c1S(N)(=O)=O. The van der Waals surface area contributed by atoms with Gasteiger partial charge in [0.25, 0.3) is 0 Å². The molecular weight excluding hydrogens is 254 g/mol. The summed E-state index contributed by atoms with van der Waals surface area (Å²) in [7, 11) is -2.71. The molecule has 0 unspecified atom stereocenters. The van der Waals surface area contributed by atoms with Crippen LogP contribution in [0.25, 0.3) is 0 Å². The number of methoxy groups -OCH3 is 1. The number of primary sulfonamides is 1. The summed E-state index contributed by atoms with van der Waals surface area (Å²) in [4.78, 5) is 11.1. The van der Waals surface area contributed by atoms with E-state index in [0.717, 1.165) is 11.3 Å². The molecule has 0 aliphatic rings. The number of nitrogens with two attached hydrogens (primary N) is 1. The Bertz CT molecular complexity index is 491. The zero-order valence-electron chi connectivity index (χ0n) is 8.72. The smallest absolute Gasteiger partial charge is 0.349 e. The zero-order valence-corrected chi connectivity index (χ0v) is 10.4. The van der Waals surface area contributed by atoms with Gasteiger partial charge in [0, 0.05) is 5.38 Å². The minimum atomic E-state index is -4.01. The molecule has 0 saturated carbocycles. The topological polar surface area (TPSA) is 95.7 Å². The monoisotopic (exact) mass is 265 g/mol. The summed E-state index contributed by atoms with van der Waals surface area (Å²) in [6.45, 7) is 1.78. The van der Waals surface area contributed by atoms with E-state index in [0.29, 0.717) is 0 Å². The molecule has 6 nitrogen and oxygen atoms in total. The van der Waals surface area contributed by atoms with Crippen LogP contribution < -0.4 is 9.88 Å². The second kappa shape index (κ2) is 4.81. The minimum Gasteiger partial charge on any atom is -0.494 e. The molecule has 0 aromatic carbocycles. The van der Waals surface area contributed by atoms with Crippen molar-refractivity contribution in [3.63, 3.8) is 0 Å². The molecule has 0 spiro atoms. The molecule has 0 amide bonds. The lowest BCUT2D eigenvalue weighted by Gasteiger charge is -2.03. The van der Waals surface area contributed by atoms with Crippen LogP contribution in [0.2, 0.25) is 0 Å². The van der Waals surface area contributed by atoms with Crippen LogP contribution in [-0.2, 0) is 14.8 Å². The molecule has 0 saturated heterocycles. The van der Waals surface area contributed by atoms with Gasteiger partial charge < -0.3 is 9.47 Å². The molecule has 0 radical (unpaired) electrons. The van der Waals surface area contributed by atoms with Gasteiger partial charge in [0.15, 0.2) is 5.75 Å². The maximum atomic E-state index is 11.5. The van der Waals surface area contributed by atoms with Crippen LogP contribution in [0.3, 0.4) is 0 Å². The highest BCUT2D eigenvalue weighted by Crippen LogP contribution is 2.33. The third-order valence-electron chi connectivity index (χ3n) is 1.68. The summed E-state index contributed by atoms with van der Waals surface area (Å²) in [5.74, 6) is -0.671. The summed E-state index contributed by atoms with van der Waals surface area (Å²) in [5, 5.41) is 6.40. The van der Waals surface area contributed by atoms with E-state index in [1.807, 2.05) is 0 Å². The number of carbonyl (C=O) groups excluding carboxylic acids is 1. The average Bonchev–Trinajstić information content (AvgIpc) is 2.60. The molecular formula is C8H11NO5S2. The summed E-state index contributed by atoms with van der Waals surface area (Å²) in [5.41, 5.74) is 0. The van der Waals surface area contributed by atoms with Gasteiger partial charge in [-0.15, -0.1) is 11.3 Å². The molecule has 0 aliphatic heterocycles. The Morgan fingerprint density at radius 1 is 1.56 bits per heavy atom. The molecule has 16 heavy (non-hydrogen) atoms. The zero-order chi connectivity index (χ0) is 12.3. The lowest BCUT2D eigenvalue weighted by Crippen LogP contribution is -2.16. The highest BCUT2D eigenvalue weighted by molar-refractivity contribution is 7.89. The predicted octanol–water partition coefficient (Wildman–Crippen LogP) is 0.581. The van der Waals surface area contributed by atoms with Crippen molar-refractivity contribution in [1.29, 1.82) is 0 Å². The molecule has 1 aromatic rings. The van der Waals surface area contributed by atoms with Crippen molar-refractivity contribution in [2.75, 3.05) is 13.7 Å². The highest BCUT2D eigenvalue weighted by Gasteiger charge is 2.27. The fraction of sp³-hybridized carbons (Fsp3) is 0.375. The largest absolute Gasteiger partial charge is 0.494 e. The van der Waals surface area contributed by atoms with Crippen LogP contribution in [-0.4, -0.2) is 28.1 Å². The Labute approximate surface area is 97.0 Å². The number of thiophene rings is 1. The molecule has 8 heteroatoms. The number of hydrogen-bond acceptors (Lipinski definition) is 6. The van der Waals surface area contributed by atoms with Crippen molar-refractivity contribution >= 4 is 27.3 Å². The highest BCUT2D eigenvalue weighted by atomic mass is 32.2. The van der Waals surface area contributed by atoms with Crippen molar-refractivity contribution in [2.24, 2.45) is 5.14 Å². The van der Waals surface area contributed by atoms with Crippen LogP contribution in [0.5, 0.6) is 5.75 Å². The number of carbonyl (C=O) groups is 1. The van der Waals surface area contributed by atoms with E-state index in [9.17, 15) is 13.2 Å². The third kappa shape index (κ3) is 2.52. The Morgan fingerprint density at radius 2 is 2.19 bits per heavy atom. The summed E-state index contributed by atoms with van der Waals surface area (Å²) in [6, 6.07) is 0. The molecule has 0 atom stereocenters. The van der Waals surface area contributed by atoms with Gasteiger partial charge in [0.1, 0.15) is 9.77 Å². The van der Waals surface area contributed by atoms with Crippen LogP contribution in [0.4, 0.5) is 0 Å². The fourth-order valence-electron chi connectivity index (χ4n) is 1.08. The van der Waals surface area contributed by atoms with E-state index in [2.05, 4.69) is 0 Å². The van der Waals surface area contributed by atoms with E-state index in [4.69, 9.17) is 14.6 Å². The molecule has 0 fully saturated rings. The number of rotatable bonds is 4. The first-order valence-electron chi connectivity index (χ1n) is 4.27. The van der Waals surface area contributed by atoms with Crippen molar-refractivity contribution in [3.05, 3.63) is 10.3 Å². The number of sulfonamides is 1. The molecule has 1 aromatic heterocycles. The van der Waals surface area contributed by atoms with Gasteiger partial charge in [0.05, 0.1) is 13.7 Å². The summed E-state index contributed by atoms with van der Waals surface area (Å²) in [6.07, 6.45) is 0. The Morgan fingerprint density at radius 3 is 2.62 bits per heavy atom. The van der Waals surface area contributed by atoms with Crippen molar-refractivity contribution in [1.82, 2.24) is 0 Å². The first kappa shape index (κ1) is 12.9. The number of ether oxygens (including phenoxy) is 2. The molecule has 1 heterocycles. The maximum Gasteiger partial charge on any atom is 0.349 e. The van der Waals surface area contributed by atoms with Gasteiger partial charge in [-0.3, -0.25) is 0 Å². The Hall–Kier alpha value is -1.12. The average molecular weight is 265 g/mol. The quantitative estimate of drug-likeness (QED) is 0.803. The van der Waals surface area contributed by atoms with Gasteiger partial charge >= 0.3 is 5.97 Å². The Balaban J connectivity index is 3.31. The number of hydrogen-bond donors (Lipinski definition) is 1. The molecule has 0 bridgehead atoms. The van der Waals surface area contributed by atoms with Gasteiger partial charge in [0.2, 0.25) is 10.0 Å². The molecule has 0 aliphatic carbocycles. The minimum absolute atomic E-state index is 0.0514. The predicted molar refractivity (Wildman–Crippen MR) is 58.2 cm³/mol. The van der Waals surface area contributed by atoms with E-state index >= 15 is 0 Å². The van der Waals surface area contributed by atoms with E-state index in [1.54, 1.807) is 6.92 Å². The first-order valence-corrected chi connectivity index (χ1v) is 6.69. The van der Waals surface area contributed by atoms with E-state index in [-0.39, 0.29) is 22.1 Å². The van der Waals surface area contributed by atoms with Crippen molar-refractivity contribution < 1.29 is 22.7 Å². The fourth-order valence-corrected chi connectivity index (χ4v) is 3.21. The van der Waals surface area contributed by atoms with Crippen LogP contribution >= 0.6 is 11.3 Å². The molecule has 90 valence electrons. The second-order valence-electron chi connectivity index (χ2n) is 2.73. The Kier molecular flexibility index (Phi) is 3.89. The van der Waals surface area contributed by atoms with Crippen molar-refractivity contribution in [2.45, 2.75) is 11.8 Å². The summed E-state index contributed by atoms with van der Waals surface area (Å²) >= 11 is 0.917. The normalized spacial score (nSPS) is 11.2. The van der Waals surface area contributed by atoms with Gasteiger partial charge in [-0.25, -0.2) is 18.4 Å². The lowest BCUT2D eigenvalue weighted by atomic mass is 10.4. The maximum absolute atomic E-state index is 11.5. The second-order valence-corrected chi connectivity index (χ2v) is 5.11. The summed E-state index contributed by atoms with van der Waals surface area (Å²) < 4.78 is 32.1. The van der Waals surface area contributed by atoms with Gasteiger partial charge in [-0.1, -0.05) is 0 Å². The van der Waals surface area contributed by atoms with E-state index < -0.39 is 16.0 Å². The van der Waals surface area contributed by atoms with Crippen LogP contribution in [0.15, 0.2) is 10.3 Å². The lowest BCUT2D eigenvalue weighted by molar-refractivity contribution is 0.0527. The first-order chi connectivity index (χ1) is 7.41. The number of esters is 1.